The minimum Gasteiger partial charge on any atom is -0.490 e. The number of hydrogen-bond donors (Lipinski definition) is 1. The molecule has 2 aliphatic carbocycles. The Morgan fingerprint density at radius 1 is 1.00 bits per heavy atom. The first-order chi connectivity index (χ1) is 9.36. The molecule has 0 spiro atoms. The second-order valence-corrected chi connectivity index (χ2v) is 6.05. The summed E-state index contributed by atoms with van der Waals surface area (Å²) in [5, 5.41) is 3.52. The minimum absolute atomic E-state index is 0.490. The Balaban J connectivity index is 1.67. The van der Waals surface area contributed by atoms with Gasteiger partial charge in [-0.2, -0.15) is 0 Å². The van der Waals surface area contributed by atoms with E-state index in [1.54, 1.807) is 0 Å². The van der Waals surface area contributed by atoms with Gasteiger partial charge < -0.3 is 10.1 Å². The Morgan fingerprint density at radius 3 is 2.26 bits per heavy atom. The highest BCUT2D eigenvalue weighted by Gasteiger charge is 2.25. The Labute approximate surface area is 116 Å². The summed E-state index contributed by atoms with van der Waals surface area (Å²) < 4.78 is 5.82. The van der Waals surface area contributed by atoms with E-state index in [2.05, 4.69) is 36.6 Å². The van der Waals surface area contributed by atoms with Crippen molar-refractivity contribution in [3.63, 3.8) is 0 Å². The van der Waals surface area contributed by atoms with E-state index in [0.717, 1.165) is 11.7 Å². The first kappa shape index (κ1) is 13.0. The number of ether oxygens (including phenoxy) is 1. The molecular weight excluding hydrogens is 234 g/mol. The molecule has 0 heterocycles. The van der Waals surface area contributed by atoms with Gasteiger partial charge in [0, 0.05) is 6.04 Å². The predicted octanol–water partition coefficient (Wildman–Crippen LogP) is 4.07. The van der Waals surface area contributed by atoms with Gasteiger partial charge in [-0.15, -0.1) is 0 Å². The van der Waals surface area contributed by atoms with Gasteiger partial charge >= 0.3 is 0 Å². The predicted molar refractivity (Wildman–Crippen MR) is 78.5 cm³/mol. The SMILES string of the molecule is CNC(c1ccc(OC2CC2)cc1)C1CCCCC1. The van der Waals surface area contributed by atoms with Crippen LogP contribution >= 0.6 is 0 Å². The largest absolute Gasteiger partial charge is 0.490 e. The fourth-order valence-corrected chi connectivity index (χ4v) is 3.27. The Hall–Kier alpha value is -1.02. The van der Waals surface area contributed by atoms with Crippen LogP contribution in [0, 0.1) is 5.92 Å². The lowest BCUT2D eigenvalue weighted by molar-refractivity contribution is 0.280. The Kier molecular flexibility index (Phi) is 4.07. The van der Waals surface area contributed by atoms with Gasteiger partial charge in [0.05, 0.1) is 6.10 Å². The third kappa shape index (κ3) is 3.30. The summed E-state index contributed by atoms with van der Waals surface area (Å²) in [5.74, 6) is 1.83. The highest BCUT2D eigenvalue weighted by Crippen LogP contribution is 2.35. The number of benzene rings is 1. The van der Waals surface area contributed by atoms with Gasteiger partial charge in [0.2, 0.25) is 0 Å². The van der Waals surface area contributed by atoms with Gasteiger partial charge in [-0.1, -0.05) is 31.4 Å². The molecule has 1 atom stereocenters. The maximum atomic E-state index is 5.82. The van der Waals surface area contributed by atoms with Crippen LogP contribution in [0.1, 0.15) is 56.6 Å². The first-order valence-electron chi connectivity index (χ1n) is 7.80. The van der Waals surface area contributed by atoms with Crippen LogP contribution in [0.5, 0.6) is 5.75 Å². The summed E-state index contributed by atoms with van der Waals surface area (Å²) in [5.41, 5.74) is 1.41. The summed E-state index contributed by atoms with van der Waals surface area (Å²) in [7, 11) is 2.09. The second kappa shape index (κ2) is 5.96. The van der Waals surface area contributed by atoms with Gasteiger partial charge in [0.25, 0.3) is 0 Å². The van der Waals surface area contributed by atoms with Crippen LogP contribution in [0.2, 0.25) is 0 Å². The lowest BCUT2D eigenvalue weighted by Gasteiger charge is -2.30. The van der Waals surface area contributed by atoms with Crippen LogP contribution in [-0.4, -0.2) is 13.2 Å². The molecule has 0 amide bonds. The van der Waals surface area contributed by atoms with E-state index in [4.69, 9.17) is 4.74 Å². The standard InChI is InChI=1S/C17H25NO/c1-18-17(13-5-3-2-4-6-13)14-7-9-15(10-8-14)19-16-11-12-16/h7-10,13,16-18H,2-6,11-12H2,1H3. The van der Waals surface area contributed by atoms with Gasteiger partial charge in [0.1, 0.15) is 5.75 Å². The normalized spacial score (nSPS) is 22.2. The number of rotatable bonds is 5. The third-order valence-corrected chi connectivity index (χ3v) is 4.50. The molecule has 1 N–H and O–H groups in total. The number of hydrogen-bond acceptors (Lipinski definition) is 2. The number of nitrogens with one attached hydrogen (secondary N) is 1. The molecule has 104 valence electrons. The molecule has 1 aromatic rings. The van der Waals surface area contributed by atoms with Crippen molar-refractivity contribution < 1.29 is 4.74 Å². The Bertz CT molecular complexity index is 390. The summed E-state index contributed by atoms with van der Waals surface area (Å²) in [6, 6.07) is 9.28. The van der Waals surface area contributed by atoms with Crippen molar-refractivity contribution in [1.82, 2.24) is 5.32 Å². The van der Waals surface area contributed by atoms with E-state index in [-0.39, 0.29) is 0 Å². The molecule has 3 rings (SSSR count). The fourth-order valence-electron chi connectivity index (χ4n) is 3.27. The summed E-state index contributed by atoms with van der Waals surface area (Å²) in [6.07, 6.45) is 9.88. The topological polar surface area (TPSA) is 21.3 Å². The highest BCUT2D eigenvalue weighted by molar-refractivity contribution is 5.30. The van der Waals surface area contributed by atoms with E-state index in [1.807, 2.05) is 0 Å². The van der Waals surface area contributed by atoms with Crippen LogP contribution in [0.4, 0.5) is 0 Å². The zero-order chi connectivity index (χ0) is 13.1. The van der Waals surface area contributed by atoms with Crippen molar-refractivity contribution in [2.24, 2.45) is 5.92 Å². The van der Waals surface area contributed by atoms with Gasteiger partial charge in [-0.05, 0) is 56.3 Å². The monoisotopic (exact) mass is 259 g/mol. The molecule has 0 aromatic heterocycles. The highest BCUT2D eigenvalue weighted by atomic mass is 16.5. The van der Waals surface area contributed by atoms with Crippen LogP contribution in [0.15, 0.2) is 24.3 Å². The molecule has 2 nitrogen and oxygen atoms in total. The molecule has 0 bridgehead atoms. The summed E-state index contributed by atoms with van der Waals surface area (Å²) >= 11 is 0. The van der Waals surface area contributed by atoms with E-state index in [1.165, 1.54) is 50.5 Å². The molecular formula is C17H25NO. The van der Waals surface area contributed by atoms with Crippen molar-refractivity contribution in [3.8, 4) is 5.75 Å². The van der Waals surface area contributed by atoms with Crippen LogP contribution < -0.4 is 10.1 Å². The van der Waals surface area contributed by atoms with Crippen LogP contribution in [0.25, 0.3) is 0 Å². The second-order valence-electron chi connectivity index (χ2n) is 6.05. The first-order valence-corrected chi connectivity index (χ1v) is 7.80. The molecule has 1 unspecified atom stereocenters. The van der Waals surface area contributed by atoms with Gasteiger partial charge in [0.15, 0.2) is 0 Å². The van der Waals surface area contributed by atoms with Crippen LogP contribution in [-0.2, 0) is 0 Å². The van der Waals surface area contributed by atoms with E-state index in [0.29, 0.717) is 12.1 Å². The molecule has 0 radical (unpaired) electrons. The maximum Gasteiger partial charge on any atom is 0.119 e. The Morgan fingerprint density at radius 2 is 1.68 bits per heavy atom. The van der Waals surface area contributed by atoms with E-state index < -0.39 is 0 Å². The van der Waals surface area contributed by atoms with E-state index in [9.17, 15) is 0 Å². The molecule has 0 aliphatic heterocycles. The zero-order valence-corrected chi connectivity index (χ0v) is 11.9. The average Bonchev–Trinajstić information content (AvgIpc) is 3.27. The maximum absolute atomic E-state index is 5.82. The molecule has 2 saturated carbocycles. The van der Waals surface area contributed by atoms with E-state index >= 15 is 0 Å². The average molecular weight is 259 g/mol. The molecule has 2 aliphatic rings. The molecule has 19 heavy (non-hydrogen) atoms. The van der Waals surface area contributed by atoms with Crippen molar-refractivity contribution in [2.45, 2.75) is 57.1 Å². The quantitative estimate of drug-likeness (QED) is 0.860. The minimum atomic E-state index is 0.490. The van der Waals surface area contributed by atoms with Crippen LogP contribution in [0.3, 0.4) is 0 Å². The van der Waals surface area contributed by atoms with Crippen molar-refractivity contribution >= 4 is 0 Å². The molecule has 2 heteroatoms. The third-order valence-electron chi connectivity index (χ3n) is 4.50. The molecule has 2 fully saturated rings. The van der Waals surface area contributed by atoms with Crippen molar-refractivity contribution in [2.75, 3.05) is 7.05 Å². The van der Waals surface area contributed by atoms with Gasteiger partial charge in [-0.3, -0.25) is 0 Å². The fraction of sp³-hybridized carbons (Fsp3) is 0.647. The van der Waals surface area contributed by atoms with Crippen molar-refractivity contribution in [1.29, 1.82) is 0 Å². The summed E-state index contributed by atoms with van der Waals surface area (Å²) in [6.45, 7) is 0. The summed E-state index contributed by atoms with van der Waals surface area (Å²) in [4.78, 5) is 0. The molecule has 1 aromatic carbocycles. The lowest BCUT2D eigenvalue weighted by atomic mass is 9.81. The zero-order valence-electron chi connectivity index (χ0n) is 11.9. The smallest absolute Gasteiger partial charge is 0.119 e. The molecule has 0 saturated heterocycles. The van der Waals surface area contributed by atoms with Gasteiger partial charge in [-0.25, -0.2) is 0 Å². The van der Waals surface area contributed by atoms with Crippen molar-refractivity contribution in [3.05, 3.63) is 29.8 Å². The lowest BCUT2D eigenvalue weighted by Crippen LogP contribution is -2.26.